The average molecular weight is 471 g/mol. The number of carbonyl (C=O) groups is 1. The van der Waals surface area contributed by atoms with E-state index in [0.29, 0.717) is 24.8 Å². The molecule has 1 aliphatic rings. The Hall–Kier alpha value is -2.35. The molecule has 0 spiro atoms. The number of hydrogen-bond donors (Lipinski definition) is 1. The number of thioether (sulfide) groups is 1. The number of rotatable bonds is 9. The molecule has 8 heteroatoms. The highest BCUT2D eigenvalue weighted by Gasteiger charge is 2.25. The third-order valence-electron chi connectivity index (χ3n) is 5.58. The van der Waals surface area contributed by atoms with E-state index in [9.17, 15) is 4.79 Å². The molecule has 0 saturated carbocycles. The molecule has 1 amide bonds. The van der Waals surface area contributed by atoms with Gasteiger partial charge >= 0.3 is 0 Å². The minimum absolute atomic E-state index is 0.0717. The second-order valence-corrected chi connectivity index (χ2v) is 9.38. The Morgan fingerprint density at radius 1 is 1.12 bits per heavy atom. The molecule has 32 heavy (non-hydrogen) atoms. The van der Waals surface area contributed by atoms with E-state index < -0.39 is 0 Å². The van der Waals surface area contributed by atoms with E-state index in [4.69, 9.17) is 16.1 Å². The van der Waals surface area contributed by atoms with E-state index in [0.717, 1.165) is 53.6 Å². The van der Waals surface area contributed by atoms with Gasteiger partial charge in [0.1, 0.15) is 0 Å². The lowest BCUT2D eigenvalue weighted by atomic mass is 9.96. The van der Waals surface area contributed by atoms with Crippen molar-refractivity contribution in [1.29, 1.82) is 0 Å². The van der Waals surface area contributed by atoms with Crippen LogP contribution in [0.2, 0.25) is 5.02 Å². The number of likely N-dealkylation sites (tertiary alicyclic amines) is 1. The molecule has 1 saturated heterocycles. The molecule has 1 aromatic heterocycles. The Morgan fingerprint density at radius 3 is 2.66 bits per heavy atom. The maximum absolute atomic E-state index is 12.5. The van der Waals surface area contributed by atoms with Crippen molar-refractivity contribution in [1.82, 2.24) is 20.4 Å². The van der Waals surface area contributed by atoms with Gasteiger partial charge in [0, 0.05) is 34.6 Å². The Labute approximate surface area is 197 Å². The number of piperidine rings is 1. The fourth-order valence-electron chi connectivity index (χ4n) is 3.76. The molecule has 0 radical (unpaired) electrons. The third kappa shape index (κ3) is 6.34. The number of nitrogens with one attached hydrogen (secondary N) is 1. The Kier molecular flexibility index (Phi) is 8.20. The molecule has 6 nitrogen and oxygen atoms in total. The van der Waals surface area contributed by atoms with Gasteiger partial charge in [-0.25, -0.2) is 0 Å². The molecule has 1 fully saturated rings. The van der Waals surface area contributed by atoms with Gasteiger partial charge < -0.3 is 9.84 Å². The van der Waals surface area contributed by atoms with Crippen LogP contribution >= 0.6 is 23.4 Å². The smallest absolute Gasteiger partial charge is 0.241 e. The summed E-state index contributed by atoms with van der Waals surface area (Å²) in [4.78, 5) is 19.3. The van der Waals surface area contributed by atoms with E-state index in [1.54, 1.807) is 11.8 Å². The fourth-order valence-corrected chi connectivity index (χ4v) is 4.90. The van der Waals surface area contributed by atoms with Gasteiger partial charge in [-0.2, -0.15) is 16.7 Å². The van der Waals surface area contributed by atoms with Crippen molar-refractivity contribution in [2.45, 2.75) is 25.1 Å². The van der Waals surface area contributed by atoms with Crippen LogP contribution in [0.25, 0.3) is 11.4 Å². The number of benzene rings is 2. The summed E-state index contributed by atoms with van der Waals surface area (Å²) in [6.45, 7) is 3.00. The number of halogens is 1. The molecule has 0 atom stereocenters. The largest absolute Gasteiger partial charge is 0.355 e. The van der Waals surface area contributed by atoms with Crippen LogP contribution in [0.1, 0.15) is 24.3 Å². The van der Waals surface area contributed by atoms with Crippen LogP contribution < -0.4 is 5.32 Å². The molecule has 2 aromatic carbocycles. The predicted molar refractivity (Wildman–Crippen MR) is 128 cm³/mol. The summed E-state index contributed by atoms with van der Waals surface area (Å²) in [7, 11) is 0. The summed E-state index contributed by atoms with van der Waals surface area (Å²) in [6.07, 6.45) is 1.69. The number of amides is 1. The van der Waals surface area contributed by atoms with Gasteiger partial charge in [0.2, 0.25) is 17.6 Å². The zero-order valence-corrected chi connectivity index (χ0v) is 19.4. The van der Waals surface area contributed by atoms with Crippen molar-refractivity contribution in [3.8, 4) is 11.4 Å². The standard InChI is InChI=1S/C24H27ClN4O2S/c25-21-9-5-4-8-20(21)17-32-15-12-26-24(30)19-10-13-29(14-11-19)16-22-27-23(28-31-22)18-6-2-1-3-7-18/h1-9,19H,10-17H2,(H,26,30). The van der Waals surface area contributed by atoms with E-state index in [-0.39, 0.29) is 11.8 Å². The molecule has 4 rings (SSSR count). The Balaban J connectivity index is 1.14. The number of nitrogens with zero attached hydrogens (tertiary/aromatic N) is 3. The molecular formula is C24H27ClN4O2S. The van der Waals surface area contributed by atoms with Gasteiger partial charge in [0.05, 0.1) is 6.54 Å². The summed E-state index contributed by atoms with van der Waals surface area (Å²) >= 11 is 7.96. The lowest BCUT2D eigenvalue weighted by Gasteiger charge is -2.30. The topological polar surface area (TPSA) is 71.3 Å². The normalized spacial score (nSPS) is 15.0. The minimum Gasteiger partial charge on any atom is -0.355 e. The number of aromatic nitrogens is 2. The maximum Gasteiger partial charge on any atom is 0.241 e. The van der Waals surface area contributed by atoms with Crippen LogP contribution in [-0.4, -0.2) is 46.3 Å². The summed E-state index contributed by atoms with van der Waals surface area (Å²) in [5.74, 6) is 3.19. The molecule has 2 heterocycles. The van der Waals surface area contributed by atoms with Crippen molar-refractivity contribution in [2.24, 2.45) is 5.92 Å². The van der Waals surface area contributed by atoms with Crippen LogP contribution in [0.15, 0.2) is 59.1 Å². The first-order valence-electron chi connectivity index (χ1n) is 10.9. The second-order valence-electron chi connectivity index (χ2n) is 7.86. The third-order valence-corrected chi connectivity index (χ3v) is 6.96. The minimum atomic E-state index is 0.0717. The first-order valence-corrected chi connectivity index (χ1v) is 12.4. The first kappa shape index (κ1) is 22.8. The lowest BCUT2D eigenvalue weighted by molar-refractivity contribution is -0.126. The maximum atomic E-state index is 12.5. The highest BCUT2D eigenvalue weighted by Crippen LogP contribution is 2.22. The molecule has 168 valence electrons. The summed E-state index contributed by atoms with van der Waals surface area (Å²) in [5, 5.41) is 7.97. The van der Waals surface area contributed by atoms with Gasteiger partial charge in [-0.15, -0.1) is 0 Å². The quantitative estimate of drug-likeness (QED) is 0.459. The van der Waals surface area contributed by atoms with E-state index >= 15 is 0 Å². The highest BCUT2D eigenvalue weighted by atomic mass is 35.5. The van der Waals surface area contributed by atoms with Gasteiger partial charge in [-0.3, -0.25) is 9.69 Å². The average Bonchev–Trinajstić information content (AvgIpc) is 3.29. The van der Waals surface area contributed by atoms with Gasteiger partial charge in [0.25, 0.3) is 0 Å². The van der Waals surface area contributed by atoms with Crippen LogP contribution in [0.3, 0.4) is 0 Å². The molecule has 0 bridgehead atoms. The highest BCUT2D eigenvalue weighted by molar-refractivity contribution is 7.98. The molecular weight excluding hydrogens is 444 g/mol. The molecule has 0 unspecified atom stereocenters. The zero-order valence-electron chi connectivity index (χ0n) is 17.9. The Morgan fingerprint density at radius 2 is 1.88 bits per heavy atom. The molecule has 3 aromatic rings. The van der Waals surface area contributed by atoms with Crippen LogP contribution in [0.5, 0.6) is 0 Å². The van der Waals surface area contributed by atoms with Crippen molar-refractivity contribution in [2.75, 3.05) is 25.4 Å². The van der Waals surface area contributed by atoms with Crippen molar-refractivity contribution in [3.63, 3.8) is 0 Å². The van der Waals surface area contributed by atoms with Crippen molar-refractivity contribution >= 4 is 29.3 Å². The van der Waals surface area contributed by atoms with Crippen LogP contribution in [0, 0.1) is 5.92 Å². The van der Waals surface area contributed by atoms with Gasteiger partial charge in [-0.05, 0) is 37.6 Å². The summed E-state index contributed by atoms with van der Waals surface area (Å²) in [5.41, 5.74) is 2.08. The van der Waals surface area contributed by atoms with E-state index in [1.165, 1.54) is 0 Å². The second kappa shape index (κ2) is 11.5. The lowest BCUT2D eigenvalue weighted by Crippen LogP contribution is -2.40. The SMILES string of the molecule is O=C(NCCSCc1ccccc1Cl)C1CCN(Cc2nc(-c3ccccc3)no2)CC1. The van der Waals surface area contributed by atoms with Gasteiger partial charge in [0.15, 0.2) is 0 Å². The molecule has 1 N–H and O–H groups in total. The zero-order chi connectivity index (χ0) is 22.2. The molecule has 0 aliphatic carbocycles. The number of carbonyl (C=O) groups excluding carboxylic acids is 1. The predicted octanol–water partition coefficient (Wildman–Crippen LogP) is 4.65. The Bertz CT molecular complexity index is 1010. The van der Waals surface area contributed by atoms with E-state index in [2.05, 4.69) is 20.4 Å². The first-order chi connectivity index (χ1) is 15.7. The van der Waals surface area contributed by atoms with E-state index in [1.807, 2.05) is 54.6 Å². The number of hydrogen-bond acceptors (Lipinski definition) is 6. The van der Waals surface area contributed by atoms with Crippen LogP contribution in [-0.2, 0) is 17.1 Å². The molecule has 1 aliphatic heterocycles. The monoisotopic (exact) mass is 470 g/mol. The van der Waals surface area contributed by atoms with Crippen molar-refractivity contribution in [3.05, 3.63) is 71.1 Å². The summed E-state index contributed by atoms with van der Waals surface area (Å²) in [6, 6.07) is 17.7. The van der Waals surface area contributed by atoms with Crippen molar-refractivity contribution < 1.29 is 9.32 Å². The van der Waals surface area contributed by atoms with Gasteiger partial charge in [-0.1, -0.05) is 65.3 Å². The summed E-state index contributed by atoms with van der Waals surface area (Å²) < 4.78 is 5.42. The fraction of sp³-hybridized carbons (Fsp3) is 0.375. The van der Waals surface area contributed by atoms with Crippen LogP contribution in [0.4, 0.5) is 0 Å².